The molecule has 5 aromatic rings. The quantitative estimate of drug-likeness (QED) is 0.270. The third-order valence-corrected chi connectivity index (χ3v) is 7.07. The van der Waals surface area contributed by atoms with Crippen LogP contribution in [0.5, 0.6) is 0 Å². The SMILES string of the molecule is Cc1ccc(Nc2nc(C)cc(Nc3ccc(NS(=O)(=O)c4cccc5nsnc45)cc3)n2)cc1. The molecule has 0 fully saturated rings. The van der Waals surface area contributed by atoms with Crippen LogP contribution in [0.4, 0.5) is 28.8 Å². The first kappa shape index (κ1) is 22.7. The van der Waals surface area contributed by atoms with Crippen LogP contribution in [0.1, 0.15) is 11.3 Å². The van der Waals surface area contributed by atoms with Crippen molar-refractivity contribution >= 4 is 61.6 Å². The molecule has 2 aromatic heterocycles. The summed E-state index contributed by atoms with van der Waals surface area (Å²) in [5.41, 5.74) is 4.95. The summed E-state index contributed by atoms with van der Waals surface area (Å²) in [6, 6.07) is 21.6. The molecule has 3 aromatic carbocycles. The molecule has 11 heteroatoms. The highest BCUT2D eigenvalue weighted by atomic mass is 32.2. The van der Waals surface area contributed by atoms with E-state index in [0.29, 0.717) is 28.5 Å². The molecule has 0 bridgehead atoms. The molecule has 35 heavy (non-hydrogen) atoms. The third kappa shape index (κ3) is 5.20. The molecular weight excluding hydrogens is 482 g/mol. The van der Waals surface area contributed by atoms with E-state index in [-0.39, 0.29) is 4.90 Å². The first-order valence-corrected chi connectivity index (χ1v) is 12.9. The fourth-order valence-electron chi connectivity index (χ4n) is 3.43. The second kappa shape index (κ2) is 9.28. The van der Waals surface area contributed by atoms with Crippen molar-refractivity contribution < 1.29 is 8.42 Å². The van der Waals surface area contributed by atoms with E-state index >= 15 is 0 Å². The molecule has 3 N–H and O–H groups in total. The van der Waals surface area contributed by atoms with Gasteiger partial charge in [0.1, 0.15) is 21.7 Å². The number of benzene rings is 3. The lowest BCUT2D eigenvalue weighted by molar-refractivity contribution is 0.602. The number of rotatable bonds is 7. The largest absolute Gasteiger partial charge is 0.340 e. The maximum Gasteiger partial charge on any atom is 0.264 e. The van der Waals surface area contributed by atoms with Gasteiger partial charge in [-0.25, -0.2) is 13.4 Å². The van der Waals surface area contributed by atoms with Gasteiger partial charge in [-0.05, 0) is 62.4 Å². The zero-order chi connectivity index (χ0) is 24.4. The van der Waals surface area contributed by atoms with Crippen molar-refractivity contribution in [2.24, 2.45) is 0 Å². The predicted molar refractivity (Wildman–Crippen MR) is 139 cm³/mol. The van der Waals surface area contributed by atoms with E-state index < -0.39 is 10.0 Å². The Hall–Kier alpha value is -4.09. The Morgan fingerprint density at radius 2 is 1.46 bits per heavy atom. The van der Waals surface area contributed by atoms with Crippen LogP contribution in [0.25, 0.3) is 11.0 Å². The zero-order valence-electron chi connectivity index (χ0n) is 18.9. The second-order valence-electron chi connectivity index (χ2n) is 7.91. The Kier molecular flexibility index (Phi) is 6.01. The van der Waals surface area contributed by atoms with E-state index in [1.54, 1.807) is 36.4 Å². The lowest BCUT2D eigenvalue weighted by atomic mass is 10.2. The van der Waals surface area contributed by atoms with Crippen LogP contribution in [0, 0.1) is 13.8 Å². The Balaban J connectivity index is 1.31. The van der Waals surface area contributed by atoms with Crippen molar-refractivity contribution in [3.8, 4) is 0 Å². The predicted octanol–water partition coefficient (Wildman–Crippen LogP) is 5.39. The maximum atomic E-state index is 12.9. The zero-order valence-corrected chi connectivity index (χ0v) is 20.5. The van der Waals surface area contributed by atoms with Crippen LogP contribution < -0.4 is 15.4 Å². The minimum absolute atomic E-state index is 0.0935. The number of hydrogen-bond acceptors (Lipinski definition) is 9. The first-order valence-electron chi connectivity index (χ1n) is 10.7. The Bertz CT molecular complexity index is 1600. The van der Waals surface area contributed by atoms with E-state index in [9.17, 15) is 8.42 Å². The fourth-order valence-corrected chi connectivity index (χ4v) is 5.26. The van der Waals surface area contributed by atoms with Gasteiger partial charge in [0.15, 0.2) is 0 Å². The Labute approximate surface area is 206 Å². The normalized spacial score (nSPS) is 11.4. The standard InChI is InChI=1S/C24H21N7O2S2/c1-15-6-8-18(9-7-15)27-24-25-16(2)14-22(28-24)26-17-10-12-19(13-11-17)31-35(32,33)21-5-3-4-20-23(21)30-34-29-20/h3-14,31H,1-2H3,(H2,25,26,27,28). The first-order chi connectivity index (χ1) is 16.9. The molecule has 0 radical (unpaired) electrons. The van der Waals surface area contributed by atoms with Crippen molar-refractivity contribution in [3.05, 3.63) is 84.1 Å². The molecule has 0 aliphatic heterocycles. The van der Waals surface area contributed by atoms with Crippen LogP contribution in [-0.2, 0) is 10.0 Å². The van der Waals surface area contributed by atoms with Gasteiger partial charge in [0.25, 0.3) is 10.0 Å². The highest BCUT2D eigenvalue weighted by molar-refractivity contribution is 7.93. The molecule has 0 spiro atoms. The van der Waals surface area contributed by atoms with Gasteiger partial charge in [0.05, 0.1) is 11.7 Å². The smallest absolute Gasteiger partial charge is 0.264 e. The molecule has 0 amide bonds. The number of nitrogens with zero attached hydrogens (tertiary/aromatic N) is 4. The number of fused-ring (bicyclic) bond motifs is 1. The molecule has 0 saturated heterocycles. The molecule has 2 heterocycles. The second-order valence-corrected chi connectivity index (χ2v) is 10.1. The van der Waals surface area contributed by atoms with Gasteiger partial charge in [-0.1, -0.05) is 23.8 Å². The number of nitrogens with one attached hydrogen (secondary N) is 3. The molecule has 9 nitrogen and oxygen atoms in total. The number of aromatic nitrogens is 4. The lowest BCUT2D eigenvalue weighted by Crippen LogP contribution is -2.13. The number of aryl methyl sites for hydroxylation is 2. The number of anilines is 5. The summed E-state index contributed by atoms with van der Waals surface area (Å²) >= 11 is 0.980. The van der Waals surface area contributed by atoms with E-state index in [1.807, 2.05) is 44.2 Å². The molecule has 0 saturated carbocycles. The third-order valence-electron chi connectivity index (χ3n) is 5.11. The lowest BCUT2D eigenvalue weighted by Gasteiger charge is -2.12. The minimum atomic E-state index is -3.82. The van der Waals surface area contributed by atoms with Gasteiger partial charge in [0.2, 0.25) is 5.95 Å². The van der Waals surface area contributed by atoms with Crippen molar-refractivity contribution in [3.63, 3.8) is 0 Å². The summed E-state index contributed by atoms with van der Waals surface area (Å²) in [7, 11) is -3.82. The van der Waals surface area contributed by atoms with Gasteiger partial charge >= 0.3 is 0 Å². The monoisotopic (exact) mass is 503 g/mol. The van der Waals surface area contributed by atoms with Crippen molar-refractivity contribution in [1.82, 2.24) is 18.7 Å². The summed E-state index contributed by atoms with van der Waals surface area (Å²) in [4.78, 5) is 9.08. The molecule has 0 unspecified atom stereocenters. The van der Waals surface area contributed by atoms with Crippen LogP contribution >= 0.6 is 11.7 Å². The Morgan fingerprint density at radius 1 is 0.771 bits per heavy atom. The molecular formula is C24H21N7O2S2. The highest BCUT2D eigenvalue weighted by Crippen LogP contribution is 2.25. The van der Waals surface area contributed by atoms with Crippen LogP contribution in [0.15, 0.2) is 77.7 Å². The summed E-state index contributed by atoms with van der Waals surface area (Å²) in [6.07, 6.45) is 0. The molecule has 0 aliphatic rings. The molecule has 0 atom stereocenters. The van der Waals surface area contributed by atoms with Gasteiger partial charge in [-0.3, -0.25) is 4.72 Å². The summed E-state index contributed by atoms with van der Waals surface area (Å²) < 4.78 is 36.7. The molecule has 5 rings (SSSR count). The van der Waals surface area contributed by atoms with Gasteiger partial charge in [-0.15, -0.1) is 0 Å². The highest BCUT2D eigenvalue weighted by Gasteiger charge is 2.19. The average molecular weight is 504 g/mol. The summed E-state index contributed by atoms with van der Waals surface area (Å²) in [5, 5.41) is 6.45. The van der Waals surface area contributed by atoms with Crippen molar-refractivity contribution in [2.45, 2.75) is 18.7 Å². The molecule has 0 aliphatic carbocycles. The van der Waals surface area contributed by atoms with Gasteiger partial charge < -0.3 is 10.6 Å². The fraction of sp³-hybridized carbons (Fsp3) is 0.0833. The van der Waals surface area contributed by atoms with E-state index in [1.165, 1.54) is 11.6 Å². The maximum absolute atomic E-state index is 12.9. The van der Waals surface area contributed by atoms with Crippen LogP contribution in [0.2, 0.25) is 0 Å². The van der Waals surface area contributed by atoms with Crippen molar-refractivity contribution in [2.75, 3.05) is 15.4 Å². The summed E-state index contributed by atoms with van der Waals surface area (Å²) in [6.45, 7) is 3.92. The minimum Gasteiger partial charge on any atom is -0.340 e. The van der Waals surface area contributed by atoms with Gasteiger partial charge in [0, 0.05) is 28.8 Å². The summed E-state index contributed by atoms with van der Waals surface area (Å²) in [5.74, 6) is 1.09. The van der Waals surface area contributed by atoms with Crippen molar-refractivity contribution in [1.29, 1.82) is 0 Å². The van der Waals surface area contributed by atoms with Crippen LogP contribution in [-0.4, -0.2) is 27.1 Å². The Morgan fingerprint density at radius 3 is 2.23 bits per heavy atom. The average Bonchev–Trinajstić information content (AvgIpc) is 3.30. The van der Waals surface area contributed by atoms with E-state index in [4.69, 9.17) is 0 Å². The van der Waals surface area contributed by atoms with Gasteiger partial charge in [-0.2, -0.15) is 13.7 Å². The number of hydrogen-bond donors (Lipinski definition) is 3. The van der Waals surface area contributed by atoms with Crippen LogP contribution in [0.3, 0.4) is 0 Å². The van der Waals surface area contributed by atoms with E-state index in [0.717, 1.165) is 28.8 Å². The molecule has 176 valence electrons. The van der Waals surface area contributed by atoms with E-state index in [2.05, 4.69) is 34.1 Å². The number of sulfonamides is 1. The topological polar surface area (TPSA) is 122 Å².